The van der Waals surface area contributed by atoms with E-state index in [0.29, 0.717) is 5.15 Å². The fourth-order valence-electron chi connectivity index (χ4n) is 1.16. The Kier molecular flexibility index (Phi) is 2.34. The van der Waals surface area contributed by atoms with E-state index in [0.717, 1.165) is 16.8 Å². The Bertz CT molecular complexity index is 409. The molecule has 0 saturated heterocycles. The molecule has 2 rings (SSSR count). The summed E-state index contributed by atoms with van der Waals surface area (Å²) in [4.78, 5) is 4.20. The van der Waals surface area contributed by atoms with Crippen molar-refractivity contribution in [1.82, 2.24) is 4.98 Å². The van der Waals surface area contributed by atoms with E-state index in [-0.39, 0.29) is 0 Å². The summed E-state index contributed by atoms with van der Waals surface area (Å²) in [5.74, 6) is 0. The first kappa shape index (κ1) is 8.73. The first-order chi connectivity index (χ1) is 6.27. The lowest BCUT2D eigenvalue weighted by Gasteiger charge is -2.01. The lowest BCUT2D eigenvalue weighted by Crippen LogP contribution is -1.84. The Morgan fingerprint density at radius 3 is 2.77 bits per heavy atom. The smallest absolute Gasteiger partial charge is 0.137 e. The van der Waals surface area contributed by atoms with E-state index in [1.807, 2.05) is 30.5 Å². The third-order valence-corrected chi connectivity index (χ3v) is 2.79. The van der Waals surface area contributed by atoms with Crippen molar-refractivity contribution in [3.05, 3.63) is 39.8 Å². The van der Waals surface area contributed by atoms with Gasteiger partial charge in [0.15, 0.2) is 0 Å². The minimum Gasteiger partial charge on any atom is -0.241 e. The van der Waals surface area contributed by atoms with Crippen molar-refractivity contribution in [2.75, 3.05) is 0 Å². The van der Waals surface area contributed by atoms with Crippen molar-refractivity contribution in [3.63, 3.8) is 0 Å². The third-order valence-electron chi connectivity index (χ3n) is 1.82. The van der Waals surface area contributed by atoms with E-state index < -0.39 is 0 Å². The molecule has 2 aromatic rings. The predicted octanol–water partition coefficient (Wildman–Crippen LogP) is 3.77. The molecule has 0 aliphatic rings. The molecule has 2 heterocycles. The van der Waals surface area contributed by atoms with Gasteiger partial charge in [-0.1, -0.05) is 11.6 Å². The fraction of sp³-hybridized carbons (Fsp3) is 0.100. The second-order valence-corrected chi connectivity index (χ2v) is 3.94. The van der Waals surface area contributed by atoms with Gasteiger partial charge in [-0.3, -0.25) is 0 Å². The van der Waals surface area contributed by atoms with Crippen LogP contribution in [0.3, 0.4) is 0 Å². The SMILES string of the molecule is Cc1ccc(-c2ccsc2)c(Cl)n1. The lowest BCUT2D eigenvalue weighted by atomic mass is 10.1. The number of hydrogen-bond donors (Lipinski definition) is 0. The number of rotatable bonds is 1. The van der Waals surface area contributed by atoms with Crippen LogP contribution in [-0.2, 0) is 0 Å². The van der Waals surface area contributed by atoms with Gasteiger partial charge in [0.25, 0.3) is 0 Å². The number of pyridine rings is 1. The van der Waals surface area contributed by atoms with E-state index in [9.17, 15) is 0 Å². The van der Waals surface area contributed by atoms with Gasteiger partial charge in [-0.15, -0.1) is 0 Å². The Morgan fingerprint density at radius 1 is 1.31 bits per heavy atom. The molecule has 0 unspecified atom stereocenters. The molecule has 0 saturated carbocycles. The molecule has 0 aliphatic heterocycles. The normalized spacial score (nSPS) is 10.3. The molecule has 0 amide bonds. The van der Waals surface area contributed by atoms with Gasteiger partial charge in [-0.2, -0.15) is 11.3 Å². The number of hydrogen-bond acceptors (Lipinski definition) is 2. The maximum atomic E-state index is 6.01. The average Bonchev–Trinajstić information content (AvgIpc) is 2.56. The van der Waals surface area contributed by atoms with E-state index in [1.165, 1.54) is 0 Å². The van der Waals surface area contributed by atoms with E-state index in [4.69, 9.17) is 11.6 Å². The summed E-state index contributed by atoms with van der Waals surface area (Å²) in [5.41, 5.74) is 3.10. The summed E-state index contributed by atoms with van der Waals surface area (Å²) in [7, 11) is 0. The zero-order chi connectivity index (χ0) is 9.26. The largest absolute Gasteiger partial charge is 0.241 e. The zero-order valence-corrected chi connectivity index (χ0v) is 8.69. The van der Waals surface area contributed by atoms with Crippen LogP contribution in [0.4, 0.5) is 0 Å². The number of aryl methyl sites for hydroxylation is 1. The van der Waals surface area contributed by atoms with E-state index in [2.05, 4.69) is 10.4 Å². The van der Waals surface area contributed by atoms with E-state index >= 15 is 0 Å². The molecule has 13 heavy (non-hydrogen) atoms. The highest BCUT2D eigenvalue weighted by Crippen LogP contribution is 2.27. The maximum absolute atomic E-state index is 6.01. The van der Waals surface area contributed by atoms with Crippen LogP contribution in [0, 0.1) is 6.92 Å². The van der Waals surface area contributed by atoms with Crippen molar-refractivity contribution in [2.24, 2.45) is 0 Å². The molecule has 0 aliphatic carbocycles. The van der Waals surface area contributed by atoms with Gasteiger partial charge in [-0.25, -0.2) is 4.98 Å². The minimum atomic E-state index is 0.582. The van der Waals surface area contributed by atoms with Crippen LogP contribution in [-0.4, -0.2) is 4.98 Å². The summed E-state index contributed by atoms with van der Waals surface area (Å²) in [6.45, 7) is 1.93. The molecule has 2 aromatic heterocycles. The molecule has 66 valence electrons. The molecule has 0 bridgehead atoms. The molecule has 0 N–H and O–H groups in total. The highest BCUT2D eigenvalue weighted by molar-refractivity contribution is 7.08. The quantitative estimate of drug-likeness (QED) is 0.652. The monoisotopic (exact) mass is 209 g/mol. The van der Waals surface area contributed by atoms with Crippen molar-refractivity contribution < 1.29 is 0 Å². The van der Waals surface area contributed by atoms with Gasteiger partial charge in [0.05, 0.1) is 0 Å². The number of halogens is 1. The van der Waals surface area contributed by atoms with Crippen LogP contribution in [0.2, 0.25) is 5.15 Å². The molecule has 0 atom stereocenters. The Morgan fingerprint density at radius 2 is 2.15 bits per heavy atom. The Hall–Kier alpha value is -0.860. The second kappa shape index (κ2) is 3.48. The van der Waals surface area contributed by atoms with Crippen LogP contribution in [0.25, 0.3) is 11.1 Å². The Balaban J connectivity index is 2.53. The summed E-state index contributed by atoms with van der Waals surface area (Å²) in [6, 6.07) is 6.02. The topological polar surface area (TPSA) is 12.9 Å². The standard InChI is InChI=1S/C10H8ClNS/c1-7-2-3-9(10(11)12-7)8-4-5-13-6-8/h2-6H,1H3. The molecular weight excluding hydrogens is 202 g/mol. The van der Waals surface area contributed by atoms with E-state index in [1.54, 1.807) is 11.3 Å². The number of thiophene rings is 1. The van der Waals surface area contributed by atoms with Crippen molar-refractivity contribution in [3.8, 4) is 11.1 Å². The third kappa shape index (κ3) is 1.74. The lowest BCUT2D eigenvalue weighted by molar-refractivity contribution is 1.20. The highest BCUT2D eigenvalue weighted by atomic mass is 35.5. The average molecular weight is 210 g/mol. The van der Waals surface area contributed by atoms with Crippen LogP contribution in [0.1, 0.15) is 5.69 Å². The molecule has 3 heteroatoms. The van der Waals surface area contributed by atoms with Crippen molar-refractivity contribution in [1.29, 1.82) is 0 Å². The molecule has 0 spiro atoms. The van der Waals surface area contributed by atoms with Gasteiger partial charge in [-0.05, 0) is 41.4 Å². The number of aromatic nitrogens is 1. The van der Waals surface area contributed by atoms with Crippen molar-refractivity contribution in [2.45, 2.75) is 6.92 Å². The fourth-order valence-corrected chi connectivity index (χ4v) is 2.12. The Labute approximate surface area is 86.0 Å². The first-order valence-electron chi connectivity index (χ1n) is 3.93. The molecule has 0 aromatic carbocycles. The van der Waals surface area contributed by atoms with Crippen LogP contribution in [0.15, 0.2) is 29.0 Å². The van der Waals surface area contributed by atoms with Crippen LogP contribution in [0.5, 0.6) is 0 Å². The second-order valence-electron chi connectivity index (χ2n) is 2.80. The summed E-state index contributed by atoms with van der Waals surface area (Å²) in [6.07, 6.45) is 0. The molecule has 0 fully saturated rings. The first-order valence-corrected chi connectivity index (χ1v) is 5.25. The minimum absolute atomic E-state index is 0.582. The van der Waals surface area contributed by atoms with Gasteiger partial charge in [0.2, 0.25) is 0 Å². The summed E-state index contributed by atoms with van der Waals surface area (Å²) >= 11 is 7.68. The van der Waals surface area contributed by atoms with Gasteiger partial charge in [0, 0.05) is 11.3 Å². The zero-order valence-electron chi connectivity index (χ0n) is 7.12. The van der Waals surface area contributed by atoms with Gasteiger partial charge >= 0.3 is 0 Å². The molecule has 0 radical (unpaired) electrons. The van der Waals surface area contributed by atoms with Gasteiger partial charge < -0.3 is 0 Å². The van der Waals surface area contributed by atoms with Crippen LogP contribution < -0.4 is 0 Å². The number of nitrogens with zero attached hydrogens (tertiary/aromatic N) is 1. The maximum Gasteiger partial charge on any atom is 0.137 e. The van der Waals surface area contributed by atoms with Gasteiger partial charge in [0.1, 0.15) is 5.15 Å². The summed E-state index contributed by atoms with van der Waals surface area (Å²) < 4.78 is 0. The predicted molar refractivity (Wildman–Crippen MR) is 57.3 cm³/mol. The highest BCUT2D eigenvalue weighted by Gasteiger charge is 2.04. The van der Waals surface area contributed by atoms with Crippen molar-refractivity contribution >= 4 is 22.9 Å². The molecular formula is C10H8ClNS. The van der Waals surface area contributed by atoms with Crippen LogP contribution >= 0.6 is 22.9 Å². The molecule has 1 nitrogen and oxygen atoms in total. The summed E-state index contributed by atoms with van der Waals surface area (Å²) in [5, 5.41) is 4.68.